The van der Waals surface area contributed by atoms with Crippen LogP contribution in [0.2, 0.25) is 0 Å². The molecule has 0 fully saturated rings. The van der Waals surface area contributed by atoms with E-state index in [1.165, 1.54) is 29.5 Å². The average molecular weight is 540 g/mol. The summed E-state index contributed by atoms with van der Waals surface area (Å²) in [4.78, 5) is 17.1. The van der Waals surface area contributed by atoms with Gasteiger partial charge in [0.2, 0.25) is 5.91 Å². The monoisotopic (exact) mass is 539 g/mol. The van der Waals surface area contributed by atoms with Crippen molar-refractivity contribution in [1.29, 1.82) is 0 Å². The number of benzene rings is 3. The third-order valence-corrected chi connectivity index (χ3v) is 6.93. The Balaban J connectivity index is 1.34. The number of fused-ring (bicyclic) bond motifs is 1. The first-order valence-corrected chi connectivity index (χ1v) is 13.6. The number of thioether (sulfide) groups is 1. The number of aliphatic hydroxyl groups excluding tert-OH is 1. The van der Waals surface area contributed by atoms with E-state index in [2.05, 4.69) is 34.7 Å². The normalized spacial score (nSPS) is 12.9. The highest BCUT2D eigenvalue weighted by atomic mass is 32.2. The number of amides is 1. The van der Waals surface area contributed by atoms with Gasteiger partial charge in [-0.25, -0.2) is 13.8 Å². The lowest BCUT2D eigenvalue weighted by molar-refractivity contribution is -0.122. The number of aryl methyl sites for hydroxylation is 1. The maximum absolute atomic E-state index is 13.8. The number of rotatable bonds is 13. The summed E-state index contributed by atoms with van der Waals surface area (Å²) < 4.78 is 33.2. The highest BCUT2D eigenvalue weighted by Crippen LogP contribution is 2.23. The molecule has 1 heterocycles. The van der Waals surface area contributed by atoms with Gasteiger partial charge in [-0.15, -0.1) is 0 Å². The number of nitrogens with zero attached hydrogens (tertiary/aromatic N) is 1. The van der Waals surface area contributed by atoms with Gasteiger partial charge in [-0.1, -0.05) is 55.1 Å². The molecule has 4 rings (SSSR count). The lowest BCUT2D eigenvalue weighted by Crippen LogP contribution is -2.48. The molecule has 3 aromatic carbocycles. The van der Waals surface area contributed by atoms with E-state index in [4.69, 9.17) is 4.42 Å². The van der Waals surface area contributed by atoms with Gasteiger partial charge in [0.15, 0.2) is 5.58 Å². The number of carbonyl (C=O) groups excluding carboxylic acids is 1. The van der Waals surface area contributed by atoms with E-state index >= 15 is 0 Å². The van der Waals surface area contributed by atoms with E-state index in [1.807, 2.05) is 36.4 Å². The average Bonchev–Trinajstić information content (AvgIpc) is 3.30. The smallest absolute Gasteiger partial charge is 0.256 e. The Kier molecular flexibility index (Phi) is 9.86. The highest BCUT2D eigenvalue weighted by molar-refractivity contribution is 7.99. The fraction of sp³-hybridized carbons (Fsp3) is 0.310. The summed E-state index contributed by atoms with van der Waals surface area (Å²) in [6.45, 7) is 2.82. The molecule has 38 heavy (non-hydrogen) atoms. The Bertz CT molecular complexity index is 1310. The fourth-order valence-corrected chi connectivity index (χ4v) is 4.93. The molecule has 0 aliphatic rings. The van der Waals surface area contributed by atoms with Crippen molar-refractivity contribution in [3.63, 3.8) is 0 Å². The van der Waals surface area contributed by atoms with E-state index in [-0.39, 0.29) is 25.3 Å². The van der Waals surface area contributed by atoms with Crippen LogP contribution in [-0.4, -0.2) is 40.4 Å². The van der Waals surface area contributed by atoms with Gasteiger partial charge in [-0.2, -0.15) is 0 Å². The van der Waals surface area contributed by atoms with Crippen molar-refractivity contribution in [2.45, 2.75) is 50.1 Å². The van der Waals surface area contributed by atoms with Gasteiger partial charge in [0.25, 0.3) is 5.22 Å². The Labute approximate surface area is 224 Å². The summed E-state index contributed by atoms with van der Waals surface area (Å²) in [5.74, 6) is -1.28. The van der Waals surface area contributed by atoms with Crippen molar-refractivity contribution in [3.05, 3.63) is 95.1 Å². The number of oxazole rings is 1. The van der Waals surface area contributed by atoms with Crippen LogP contribution in [0.4, 0.5) is 8.78 Å². The van der Waals surface area contributed by atoms with Crippen LogP contribution in [0.3, 0.4) is 0 Å². The van der Waals surface area contributed by atoms with Crippen LogP contribution in [0.15, 0.2) is 76.4 Å². The standard InChI is InChI=1S/C29H31F2N3O3S/c1-2-19-6-5-7-20(12-19)17-32-18-26(35)25(15-21-13-22(30)16-23(31)14-21)33-28(36)10-11-38-29-34-24-8-3-4-9-27(24)37-29/h3-9,12-14,16,25-26,32,35H,2,10-11,15,17-18H2,1H3,(H,33,36)/t25-,26-/m0/s1. The summed E-state index contributed by atoms with van der Waals surface area (Å²) in [6.07, 6.45) is 0.178. The fourth-order valence-electron chi connectivity index (χ4n) is 4.15. The van der Waals surface area contributed by atoms with Crippen molar-refractivity contribution in [1.82, 2.24) is 15.6 Å². The van der Waals surface area contributed by atoms with Gasteiger partial charge in [-0.05, 0) is 53.8 Å². The molecule has 0 saturated carbocycles. The predicted octanol–water partition coefficient (Wildman–Crippen LogP) is 5.03. The Morgan fingerprint density at radius 1 is 1.03 bits per heavy atom. The second-order valence-corrected chi connectivity index (χ2v) is 10.1. The summed E-state index contributed by atoms with van der Waals surface area (Å²) in [5, 5.41) is 17.5. The molecule has 1 aromatic heterocycles. The minimum absolute atomic E-state index is 0.0762. The van der Waals surface area contributed by atoms with Crippen LogP contribution in [0.5, 0.6) is 0 Å². The molecule has 200 valence electrons. The number of carbonyl (C=O) groups is 1. The molecule has 3 N–H and O–H groups in total. The second kappa shape index (κ2) is 13.5. The highest BCUT2D eigenvalue weighted by Gasteiger charge is 2.22. The molecule has 2 atom stereocenters. The lowest BCUT2D eigenvalue weighted by atomic mass is 10.0. The number of hydrogen-bond acceptors (Lipinski definition) is 6. The van der Waals surface area contributed by atoms with Gasteiger partial charge < -0.3 is 20.2 Å². The van der Waals surface area contributed by atoms with Crippen molar-refractivity contribution in [2.24, 2.45) is 0 Å². The summed E-state index contributed by atoms with van der Waals surface area (Å²) in [7, 11) is 0. The van der Waals surface area contributed by atoms with Crippen LogP contribution in [0, 0.1) is 11.6 Å². The van der Waals surface area contributed by atoms with E-state index in [0.29, 0.717) is 28.7 Å². The first-order chi connectivity index (χ1) is 18.4. The number of aliphatic hydroxyl groups is 1. The van der Waals surface area contributed by atoms with Crippen LogP contribution < -0.4 is 10.6 Å². The zero-order valence-electron chi connectivity index (χ0n) is 21.1. The maximum atomic E-state index is 13.8. The van der Waals surface area contributed by atoms with Crippen LogP contribution in [0.25, 0.3) is 11.1 Å². The van der Waals surface area contributed by atoms with Gasteiger partial charge in [-0.3, -0.25) is 4.79 Å². The van der Waals surface area contributed by atoms with E-state index < -0.39 is 23.8 Å². The SMILES string of the molecule is CCc1cccc(CNC[C@H](O)[C@H](Cc2cc(F)cc(F)c2)NC(=O)CCSc2nc3ccccc3o2)c1. The molecule has 0 spiro atoms. The van der Waals surface area contributed by atoms with Crippen molar-refractivity contribution in [2.75, 3.05) is 12.3 Å². The molecule has 9 heteroatoms. The maximum Gasteiger partial charge on any atom is 0.256 e. The minimum atomic E-state index is -0.982. The summed E-state index contributed by atoms with van der Waals surface area (Å²) in [6, 6.07) is 18.0. The second-order valence-electron chi connectivity index (χ2n) is 9.07. The molecule has 0 aliphatic heterocycles. The van der Waals surface area contributed by atoms with Gasteiger partial charge in [0.05, 0.1) is 12.1 Å². The van der Waals surface area contributed by atoms with Gasteiger partial charge in [0, 0.05) is 31.3 Å². The molecule has 0 radical (unpaired) electrons. The summed E-state index contributed by atoms with van der Waals surface area (Å²) in [5.41, 5.74) is 4.08. The minimum Gasteiger partial charge on any atom is -0.431 e. The molecule has 0 saturated heterocycles. The zero-order chi connectivity index (χ0) is 26.9. The third-order valence-electron chi connectivity index (χ3n) is 6.10. The van der Waals surface area contributed by atoms with Crippen molar-refractivity contribution in [3.8, 4) is 0 Å². The summed E-state index contributed by atoms with van der Waals surface area (Å²) >= 11 is 1.32. The number of nitrogens with one attached hydrogen (secondary N) is 2. The van der Waals surface area contributed by atoms with E-state index in [9.17, 15) is 18.7 Å². The number of aromatic nitrogens is 1. The number of hydrogen-bond donors (Lipinski definition) is 3. The van der Waals surface area contributed by atoms with Gasteiger partial charge >= 0.3 is 0 Å². The van der Waals surface area contributed by atoms with Crippen LogP contribution in [-0.2, 0) is 24.2 Å². The Hall–Kier alpha value is -3.27. The molecule has 0 bridgehead atoms. The molecule has 0 unspecified atom stereocenters. The van der Waals surface area contributed by atoms with E-state index in [1.54, 1.807) is 0 Å². The first-order valence-electron chi connectivity index (χ1n) is 12.6. The van der Waals surface area contributed by atoms with Gasteiger partial charge in [0.1, 0.15) is 17.2 Å². The van der Waals surface area contributed by atoms with E-state index in [0.717, 1.165) is 23.6 Å². The Morgan fingerprint density at radius 3 is 2.55 bits per heavy atom. The first kappa shape index (κ1) is 27.8. The van der Waals surface area contributed by atoms with Crippen LogP contribution in [0.1, 0.15) is 30.0 Å². The van der Waals surface area contributed by atoms with Crippen LogP contribution >= 0.6 is 11.8 Å². The molecule has 0 aliphatic carbocycles. The molecular formula is C29H31F2N3O3S. The molecule has 1 amide bonds. The topological polar surface area (TPSA) is 87.4 Å². The number of halogens is 2. The van der Waals surface area contributed by atoms with Crippen molar-refractivity contribution >= 4 is 28.8 Å². The molecule has 4 aromatic rings. The third kappa shape index (κ3) is 8.11. The quantitative estimate of drug-likeness (QED) is 0.207. The van der Waals surface area contributed by atoms with Crippen molar-refractivity contribution < 1.29 is 23.1 Å². The Morgan fingerprint density at radius 2 is 1.79 bits per heavy atom. The lowest BCUT2D eigenvalue weighted by Gasteiger charge is -2.25. The molecular weight excluding hydrogens is 508 g/mol. The number of para-hydroxylation sites is 2. The largest absolute Gasteiger partial charge is 0.431 e. The zero-order valence-corrected chi connectivity index (χ0v) is 21.9. The predicted molar refractivity (Wildman–Crippen MR) is 145 cm³/mol. The molecule has 6 nitrogen and oxygen atoms in total.